The van der Waals surface area contributed by atoms with Gasteiger partial charge in [-0.15, -0.1) is 0 Å². The van der Waals surface area contributed by atoms with Crippen LogP contribution in [-0.4, -0.2) is 30.3 Å². The van der Waals surface area contributed by atoms with Crippen LogP contribution in [0.2, 0.25) is 0 Å². The largest absolute Gasteiger partial charge is 0.375 e. The molecule has 2 heterocycles. The average Bonchev–Trinajstić information content (AvgIpc) is 2.31. The van der Waals surface area contributed by atoms with Gasteiger partial charge in [-0.2, -0.15) is 11.8 Å². The molecule has 2 N–H and O–H groups in total. The van der Waals surface area contributed by atoms with E-state index in [9.17, 15) is 0 Å². The Bertz CT molecular complexity index is 231. The highest BCUT2D eigenvalue weighted by molar-refractivity contribution is 7.99. The molecule has 3 heteroatoms. The lowest BCUT2D eigenvalue weighted by Gasteiger charge is -2.42. The molecule has 16 heavy (non-hydrogen) atoms. The van der Waals surface area contributed by atoms with E-state index in [1.807, 2.05) is 0 Å². The van der Waals surface area contributed by atoms with Gasteiger partial charge in [0, 0.05) is 6.61 Å². The molecule has 92 valence electrons. The number of rotatable bonds is 3. The Kier molecular flexibility index (Phi) is 4.74. The van der Waals surface area contributed by atoms with Crippen LogP contribution in [0.4, 0.5) is 0 Å². The molecule has 1 spiro atoms. The lowest BCUT2D eigenvalue weighted by molar-refractivity contribution is -0.0949. The zero-order valence-corrected chi connectivity index (χ0v) is 10.8. The SMILES string of the molecule is NCCC=CC1CCOC2(CCSCC2)C1. The van der Waals surface area contributed by atoms with Crippen LogP contribution in [0.5, 0.6) is 0 Å². The molecule has 0 aromatic carbocycles. The predicted octanol–water partition coefficient (Wildman–Crippen LogP) is 2.58. The summed E-state index contributed by atoms with van der Waals surface area (Å²) in [6.07, 6.45) is 10.6. The third-order valence-electron chi connectivity index (χ3n) is 3.68. The zero-order valence-electron chi connectivity index (χ0n) is 9.99. The van der Waals surface area contributed by atoms with Crippen molar-refractivity contribution in [1.29, 1.82) is 0 Å². The van der Waals surface area contributed by atoms with Crippen molar-refractivity contribution in [2.75, 3.05) is 24.7 Å². The fourth-order valence-electron chi connectivity index (χ4n) is 2.71. The van der Waals surface area contributed by atoms with Crippen LogP contribution in [0.3, 0.4) is 0 Å². The monoisotopic (exact) mass is 241 g/mol. The van der Waals surface area contributed by atoms with E-state index in [2.05, 4.69) is 23.9 Å². The van der Waals surface area contributed by atoms with Crippen LogP contribution >= 0.6 is 11.8 Å². The minimum atomic E-state index is 0.223. The predicted molar refractivity (Wildman–Crippen MR) is 70.8 cm³/mol. The molecular formula is C13H23NOS. The zero-order chi connectivity index (χ0) is 11.3. The smallest absolute Gasteiger partial charge is 0.0703 e. The van der Waals surface area contributed by atoms with Crippen molar-refractivity contribution in [3.63, 3.8) is 0 Å². The summed E-state index contributed by atoms with van der Waals surface area (Å²) in [5.74, 6) is 3.28. The molecule has 0 saturated carbocycles. The van der Waals surface area contributed by atoms with Crippen LogP contribution in [0.25, 0.3) is 0 Å². The summed E-state index contributed by atoms with van der Waals surface area (Å²) in [5, 5.41) is 0. The second-order valence-electron chi connectivity index (χ2n) is 4.90. The van der Waals surface area contributed by atoms with Gasteiger partial charge in [0.05, 0.1) is 5.60 Å². The van der Waals surface area contributed by atoms with Crippen molar-refractivity contribution in [3.05, 3.63) is 12.2 Å². The number of ether oxygens (including phenoxy) is 1. The van der Waals surface area contributed by atoms with Crippen molar-refractivity contribution >= 4 is 11.8 Å². The molecule has 0 aromatic rings. The van der Waals surface area contributed by atoms with Crippen LogP contribution in [0.15, 0.2) is 12.2 Å². The van der Waals surface area contributed by atoms with Crippen LogP contribution in [0, 0.1) is 5.92 Å². The highest BCUT2D eigenvalue weighted by Gasteiger charge is 2.37. The summed E-state index contributed by atoms with van der Waals surface area (Å²) in [4.78, 5) is 0. The van der Waals surface area contributed by atoms with Gasteiger partial charge < -0.3 is 10.5 Å². The van der Waals surface area contributed by atoms with Crippen molar-refractivity contribution in [2.45, 2.75) is 37.7 Å². The van der Waals surface area contributed by atoms with Gasteiger partial charge >= 0.3 is 0 Å². The van der Waals surface area contributed by atoms with Crippen molar-refractivity contribution in [3.8, 4) is 0 Å². The first kappa shape index (κ1) is 12.5. The molecule has 1 atom stereocenters. The second-order valence-corrected chi connectivity index (χ2v) is 6.13. The molecule has 2 nitrogen and oxygen atoms in total. The summed E-state index contributed by atoms with van der Waals surface area (Å²) >= 11 is 2.07. The molecule has 0 radical (unpaired) electrons. The molecule has 2 saturated heterocycles. The number of hydrogen-bond acceptors (Lipinski definition) is 3. The lowest BCUT2D eigenvalue weighted by atomic mass is 9.82. The van der Waals surface area contributed by atoms with E-state index in [0.717, 1.165) is 25.5 Å². The Balaban J connectivity index is 1.87. The van der Waals surface area contributed by atoms with Gasteiger partial charge in [-0.3, -0.25) is 0 Å². The highest BCUT2D eigenvalue weighted by Crippen LogP contribution is 2.40. The van der Waals surface area contributed by atoms with Crippen LogP contribution < -0.4 is 5.73 Å². The van der Waals surface area contributed by atoms with Gasteiger partial charge in [0.1, 0.15) is 0 Å². The lowest BCUT2D eigenvalue weighted by Crippen LogP contribution is -2.42. The highest BCUT2D eigenvalue weighted by atomic mass is 32.2. The topological polar surface area (TPSA) is 35.2 Å². The Morgan fingerprint density at radius 3 is 2.94 bits per heavy atom. The molecular weight excluding hydrogens is 218 g/mol. The van der Waals surface area contributed by atoms with E-state index in [1.54, 1.807) is 0 Å². The Labute approximate surface area is 103 Å². The number of hydrogen-bond donors (Lipinski definition) is 1. The first-order chi connectivity index (χ1) is 7.85. The minimum Gasteiger partial charge on any atom is -0.375 e. The third kappa shape index (κ3) is 3.25. The quantitative estimate of drug-likeness (QED) is 0.771. The molecule has 2 aliphatic rings. The second kappa shape index (κ2) is 6.08. The molecule has 2 fully saturated rings. The van der Waals surface area contributed by atoms with Gasteiger partial charge in [0.25, 0.3) is 0 Å². The first-order valence-electron chi connectivity index (χ1n) is 6.43. The summed E-state index contributed by atoms with van der Waals surface area (Å²) in [6.45, 7) is 1.71. The van der Waals surface area contributed by atoms with Gasteiger partial charge in [-0.25, -0.2) is 0 Å². The standard InChI is InChI=1S/C13H23NOS/c14-7-2-1-3-12-4-8-15-13(11-12)5-9-16-10-6-13/h1,3,12H,2,4-11,14H2. The normalized spacial score (nSPS) is 29.9. The summed E-state index contributed by atoms with van der Waals surface area (Å²) in [6, 6.07) is 0. The van der Waals surface area contributed by atoms with Crippen molar-refractivity contribution in [2.24, 2.45) is 11.7 Å². The van der Waals surface area contributed by atoms with E-state index in [0.29, 0.717) is 0 Å². The molecule has 0 bridgehead atoms. The van der Waals surface area contributed by atoms with E-state index in [4.69, 9.17) is 10.5 Å². The maximum Gasteiger partial charge on any atom is 0.0703 e. The van der Waals surface area contributed by atoms with Crippen LogP contribution in [0.1, 0.15) is 32.1 Å². The molecule has 0 aromatic heterocycles. The maximum absolute atomic E-state index is 6.07. The van der Waals surface area contributed by atoms with Gasteiger partial charge in [0.2, 0.25) is 0 Å². The third-order valence-corrected chi connectivity index (χ3v) is 4.66. The summed E-state index contributed by atoms with van der Waals surface area (Å²) < 4.78 is 6.07. The first-order valence-corrected chi connectivity index (χ1v) is 7.59. The van der Waals surface area contributed by atoms with Crippen molar-refractivity contribution < 1.29 is 4.74 Å². The average molecular weight is 241 g/mol. The summed E-state index contributed by atoms with van der Waals surface area (Å²) in [5.41, 5.74) is 5.73. The number of nitrogens with two attached hydrogens (primary N) is 1. The Hall–Kier alpha value is 0.01000. The Morgan fingerprint density at radius 1 is 1.38 bits per heavy atom. The summed E-state index contributed by atoms with van der Waals surface area (Å²) in [7, 11) is 0. The maximum atomic E-state index is 6.07. The molecule has 1 unspecified atom stereocenters. The number of thioether (sulfide) groups is 1. The van der Waals surface area contributed by atoms with Gasteiger partial charge in [0.15, 0.2) is 0 Å². The fraction of sp³-hybridized carbons (Fsp3) is 0.846. The van der Waals surface area contributed by atoms with E-state index in [1.165, 1.54) is 37.2 Å². The molecule has 2 rings (SSSR count). The fourth-order valence-corrected chi connectivity index (χ4v) is 3.94. The van der Waals surface area contributed by atoms with Gasteiger partial charge in [-0.05, 0) is 56.1 Å². The van der Waals surface area contributed by atoms with Crippen LogP contribution in [-0.2, 0) is 4.74 Å². The van der Waals surface area contributed by atoms with E-state index < -0.39 is 0 Å². The minimum absolute atomic E-state index is 0.223. The Morgan fingerprint density at radius 2 is 2.19 bits per heavy atom. The molecule has 0 amide bonds. The van der Waals surface area contributed by atoms with E-state index in [-0.39, 0.29) is 5.60 Å². The molecule has 2 aliphatic heterocycles. The van der Waals surface area contributed by atoms with Gasteiger partial charge in [-0.1, -0.05) is 12.2 Å². The van der Waals surface area contributed by atoms with Crippen molar-refractivity contribution in [1.82, 2.24) is 0 Å². The molecule has 0 aliphatic carbocycles. The van der Waals surface area contributed by atoms with E-state index >= 15 is 0 Å². The number of allylic oxidation sites excluding steroid dienone is 1.